The Morgan fingerprint density at radius 1 is 1.39 bits per heavy atom. The van der Waals surface area contributed by atoms with E-state index in [9.17, 15) is 8.42 Å². The molecule has 2 atom stereocenters. The second-order valence-electron chi connectivity index (χ2n) is 7.37. The number of hydrogen-bond acceptors (Lipinski definition) is 4. The van der Waals surface area contributed by atoms with Crippen LogP contribution < -0.4 is 4.72 Å². The highest BCUT2D eigenvalue weighted by Crippen LogP contribution is 2.30. The Hall–Kier alpha value is -0.920. The summed E-state index contributed by atoms with van der Waals surface area (Å²) in [5, 5.41) is 4.18. The van der Waals surface area contributed by atoms with Crippen LogP contribution >= 0.6 is 0 Å². The Morgan fingerprint density at radius 2 is 2.17 bits per heavy atom. The molecule has 3 rings (SSSR count). The SMILES string of the molecule is C[C@H]1CCCN(C[C@@H](C)NS(=O)(=O)c2cnn(CC3CC3)c2)C1. The third-order valence-corrected chi connectivity index (χ3v) is 6.24. The summed E-state index contributed by atoms with van der Waals surface area (Å²) in [6.07, 6.45) is 8.04. The molecule has 2 heterocycles. The van der Waals surface area contributed by atoms with Crippen LogP contribution in [0, 0.1) is 11.8 Å². The zero-order valence-electron chi connectivity index (χ0n) is 14.1. The van der Waals surface area contributed by atoms with E-state index in [1.54, 1.807) is 10.9 Å². The van der Waals surface area contributed by atoms with Gasteiger partial charge in [0.2, 0.25) is 10.0 Å². The normalized spacial score (nSPS) is 24.7. The number of nitrogens with zero attached hydrogens (tertiary/aromatic N) is 3. The monoisotopic (exact) mass is 340 g/mol. The molecule has 0 radical (unpaired) electrons. The minimum atomic E-state index is -3.48. The molecule has 1 N–H and O–H groups in total. The quantitative estimate of drug-likeness (QED) is 0.820. The standard InChI is InChI=1S/C16H28N4O2S/c1-13-4-3-7-19(9-13)10-14(2)18-23(21,22)16-8-17-20(12-16)11-15-5-6-15/h8,12-15,18H,3-7,9-11H2,1-2H3/t13-,14+/m0/s1. The number of aromatic nitrogens is 2. The van der Waals surface area contributed by atoms with Crippen molar-refractivity contribution in [1.82, 2.24) is 19.4 Å². The summed E-state index contributed by atoms with van der Waals surface area (Å²) in [6.45, 7) is 7.92. The molecule has 1 aliphatic heterocycles. The molecule has 1 aromatic rings. The maximum absolute atomic E-state index is 12.5. The number of nitrogens with one attached hydrogen (secondary N) is 1. The van der Waals surface area contributed by atoms with Gasteiger partial charge in [-0.2, -0.15) is 5.10 Å². The van der Waals surface area contributed by atoms with Crippen LogP contribution in [0.15, 0.2) is 17.3 Å². The Kier molecular flexibility index (Phi) is 5.08. The van der Waals surface area contributed by atoms with Crippen LogP contribution in [0.4, 0.5) is 0 Å². The van der Waals surface area contributed by atoms with Crippen LogP contribution in [-0.2, 0) is 16.6 Å². The largest absolute Gasteiger partial charge is 0.301 e. The molecule has 2 fully saturated rings. The van der Waals surface area contributed by atoms with Gasteiger partial charge in [0, 0.05) is 31.9 Å². The lowest BCUT2D eigenvalue weighted by Gasteiger charge is -2.32. The van der Waals surface area contributed by atoms with Crippen molar-refractivity contribution in [1.29, 1.82) is 0 Å². The van der Waals surface area contributed by atoms with E-state index in [4.69, 9.17) is 0 Å². The fraction of sp³-hybridized carbons (Fsp3) is 0.812. The highest BCUT2D eigenvalue weighted by molar-refractivity contribution is 7.89. The lowest BCUT2D eigenvalue weighted by molar-refractivity contribution is 0.174. The maximum Gasteiger partial charge on any atom is 0.243 e. The van der Waals surface area contributed by atoms with Gasteiger partial charge in [0.05, 0.1) is 6.20 Å². The first-order valence-corrected chi connectivity index (χ1v) is 10.2. The average molecular weight is 340 g/mol. The summed E-state index contributed by atoms with van der Waals surface area (Å²) in [5.74, 6) is 1.38. The fourth-order valence-electron chi connectivity index (χ4n) is 3.36. The molecule has 6 nitrogen and oxygen atoms in total. The van der Waals surface area contributed by atoms with Gasteiger partial charge < -0.3 is 4.90 Å². The fourth-order valence-corrected chi connectivity index (χ4v) is 4.54. The Morgan fingerprint density at radius 3 is 2.87 bits per heavy atom. The smallest absolute Gasteiger partial charge is 0.243 e. The predicted octanol–water partition coefficient (Wildman–Crippen LogP) is 1.69. The Balaban J connectivity index is 1.55. The van der Waals surface area contributed by atoms with E-state index in [1.165, 1.54) is 31.9 Å². The van der Waals surface area contributed by atoms with Crippen LogP contribution in [0.5, 0.6) is 0 Å². The van der Waals surface area contributed by atoms with Crippen molar-refractivity contribution in [3.8, 4) is 0 Å². The predicted molar refractivity (Wildman–Crippen MR) is 89.6 cm³/mol. The summed E-state index contributed by atoms with van der Waals surface area (Å²) >= 11 is 0. The van der Waals surface area contributed by atoms with E-state index in [0.717, 1.165) is 26.2 Å². The van der Waals surface area contributed by atoms with Crippen molar-refractivity contribution in [3.05, 3.63) is 12.4 Å². The maximum atomic E-state index is 12.5. The molecular weight excluding hydrogens is 312 g/mol. The van der Waals surface area contributed by atoms with Crippen LogP contribution in [0.1, 0.15) is 39.5 Å². The van der Waals surface area contributed by atoms with E-state index in [2.05, 4.69) is 21.6 Å². The van der Waals surface area contributed by atoms with Gasteiger partial charge in [-0.25, -0.2) is 13.1 Å². The van der Waals surface area contributed by atoms with Crippen LogP contribution in [0.2, 0.25) is 0 Å². The Labute approximate surface area is 139 Å². The van der Waals surface area contributed by atoms with E-state index in [0.29, 0.717) is 11.8 Å². The van der Waals surface area contributed by atoms with Gasteiger partial charge in [0.1, 0.15) is 4.90 Å². The first kappa shape index (κ1) is 16.9. The molecule has 1 aliphatic carbocycles. The van der Waals surface area contributed by atoms with Gasteiger partial charge >= 0.3 is 0 Å². The van der Waals surface area contributed by atoms with Gasteiger partial charge in [-0.3, -0.25) is 4.68 Å². The highest BCUT2D eigenvalue weighted by atomic mass is 32.2. The second kappa shape index (κ2) is 6.91. The summed E-state index contributed by atoms with van der Waals surface area (Å²) in [5.41, 5.74) is 0. The number of hydrogen-bond donors (Lipinski definition) is 1. The third kappa shape index (κ3) is 4.78. The summed E-state index contributed by atoms with van der Waals surface area (Å²) < 4.78 is 29.5. The molecule has 130 valence electrons. The van der Waals surface area contributed by atoms with Gasteiger partial charge in [-0.15, -0.1) is 0 Å². The van der Waals surface area contributed by atoms with Crippen molar-refractivity contribution in [2.45, 2.75) is 57.0 Å². The van der Waals surface area contributed by atoms with Crippen LogP contribution in [0.25, 0.3) is 0 Å². The van der Waals surface area contributed by atoms with Gasteiger partial charge in [-0.05, 0) is 51.0 Å². The average Bonchev–Trinajstić information content (AvgIpc) is 3.12. The highest BCUT2D eigenvalue weighted by Gasteiger charge is 2.25. The molecule has 7 heteroatoms. The van der Waals surface area contributed by atoms with Crippen molar-refractivity contribution in [2.75, 3.05) is 19.6 Å². The number of rotatable bonds is 7. The van der Waals surface area contributed by atoms with Crippen molar-refractivity contribution in [2.24, 2.45) is 11.8 Å². The zero-order chi connectivity index (χ0) is 16.4. The first-order chi connectivity index (χ1) is 10.9. The Bertz CT molecular complexity index is 624. The molecule has 1 aromatic heterocycles. The molecule has 2 aliphatic rings. The van der Waals surface area contributed by atoms with E-state index < -0.39 is 10.0 Å². The first-order valence-electron chi connectivity index (χ1n) is 8.69. The molecular formula is C16H28N4O2S. The number of sulfonamides is 1. The molecule has 0 amide bonds. The summed E-state index contributed by atoms with van der Waals surface area (Å²) in [6, 6.07) is -0.0999. The van der Waals surface area contributed by atoms with Gasteiger partial charge in [0.25, 0.3) is 0 Å². The third-order valence-electron chi connectivity index (χ3n) is 4.69. The zero-order valence-corrected chi connectivity index (χ0v) is 14.9. The lowest BCUT2D eigenvalue weighted by atomic mass is 10.00. The minimum Gasteiger partial charge on any atom is -0.301 e. The van der Waals surface area contributed by atoms with Crippen LogP contribution in [-0.4, -0.2) is 48.8 Å². The number of likely N-dealkylation sites (tertiary alicyclic amines) is 1. The molecule has 0 aromatic carbocycles. The van der Waals surface area contributed by atoms with E-state index >= 15 is 0 Å². The molecule has 0 unspecified atom stereocenters. The van der Waals surface area contributed by atoms with Crippen molar-refractivity contribution >= 4 is 10.0 Å². The number of piperidine rings is 1. The van der Waals surface area contributed by atoms with E-state index in [-0.39, 0.29) is 10.9 Å². The van der Waals surface area contributed by atoms with E-state index in [1.807, 2.05) is 6.92 Å². The topological polar surface area (TPSA) is 67.2 Å². The molecule has 0 bridgehead atoms. The lowest BCUT2D eigenvalue weighted by Crippen LogP contribution is -2.45. The van der Waals surface area contributed by atoms with Gasteiger partial charge in [0.15, 0.2) is 0 Å². The summed E-state index contributed by atoms with van der Waals surface area (Å²) in [4.78, 5) is 2.63. The summed E-state index contributed by atoms with van der Waals surface area (Å²) in [7, 11) is -3.48. The molecule has 0 spiro atoms. The minimum absolute atomic E-state index is 0.0999. The second-order valence-corrected chi connectivity index (χ2v) is 9.08. The molecule has 1 saturated heterocycles. The van der Waals surface area contributed by atoms with Crippen molar-refractivity contribution in [3.63, 3.8) is 0 Å². The molecule has 23 heavy (non-hydrogen) atoms. The van der Waals surface area contributed by atoms with Crippen LogP contribution in [0.3, 0.4) is 0 Å². The van der Waals surface area contributed by atoms with Crippen molar-refractivity contribution < 1.29 is 8.42 Å². The van der Waals surface area contributed by atoms with Gasteiger partial charge in [-0.1, -0.05) is 6.92 Å². The molecule has 1 saturated carbocycles.